The van der Waals surface area contributed by atoms with Gasteiger partial charge in [-0.2, -0.15) is 10.3 Å². The number of nitrogens with zero attached hydrogens (tertiary/aromatic N) is 2. The Bertz CT molecular complexity index is 449. The second-order valence-corrected chi connectivity index (χ2v) is 4.00. The lowest BCUT2D eigenvalue weighted by atomic mass is 9.94. The molecular weight excluding hydrogens is 214 g/mol. The van der Waals surface area contributed by atoms with Crippen molar-refractivity contribution in [2.75, 3.05) is 0 Å². The van der Waals surface area contributed by atoms with E-state index in [2.05, 4.69) is 41.4 Å². The summed E-state index contributed by atoms with van der Waals surface area (Å²) in [4.78, 5) is 0. The molecule has 0 amide bonds. The molecule has 1 heterocycles. The molecule has 4 nitrogen and oxygen atoms in total. The van der Waals surface area contributed by atoms with Crippen LogP contribution >= 0.6 is 0 Å². The molecule has 0 radical (unpaired) electrons. The van der Waals surface area contributed by atoms with Crippen LogP contribution < -0.4 is 4.74 Å². The van der Waals surface area contributed by atoms with Crippen molar-refractivity contribution in [3.05, 3.63) is 36.0 Å². The van der Waals surface area contributed by atoms with Crippen molar-refractivity contribution in [2.24, 2.45) is 0 Å². The third-order valence-electron chi connectivity index (χ3n) is 2.93. The maximum atomic E-state index is 5.59. The van der Waals surface area contributed by atoms with Crippen LogP contribution in [0.5, 0.6) is 11.6 Å². The monoisotopic (exact) mass is 231 g/mol. The predicted molar refractivity (Wildman–Crippen MR) is 66.2 cm³/mol. The first-order chi connectivity index (χ1) is 8.33. The second kappa shape index (κ2) is 5.48. The van der Waals surface area contributed by atoms with Crippen LogP contribution in [0, 0.1) is 0 Å². The summed E-state index contributed by atoms with van der Waals surface area (Å²) in [6.07, 6.45) is 3.84. The average molecular weight is 231 g/mol. The van der Waals surface area contributed by atoms with E-state index in [4.69, 9.17) is 4.74 Å². The minimum absolute atomic E-state index is 0.492. The van der Waals surface area contributed by atoms with Gasteiger partial charge in [0.2, 0.25) is 0 Å². The van der Waals surface area contributed by atoms with Crippen molar-refractivity contribution < 1.29 is 4.74 Å². The van der Waals surface area contributed by atoms with E-state index < -0.39 is 0 Å². The van der Waals surface area contributed by atoms with Crippen molar-refractivity contribution in [1.82, 2.24) is 15.4 Å². The number of ether oxygens (including phenoxy) is 1. The zero-order valence-electron chi connectivity index (χ0n) is 10.2. The van der Waals surface area contributed by atoms with Crippen molar-refractivity contribution >= 4 is 0 Å². The molecule has 0 aliphatic rings. The van der Waals surface area contributed by atoms with E-state index in [1.807, 2.05) is 12.1 Å². The Morgan fingerprint density at radius 3 is 2.76 bits per heavy atom. The fraction of sp³-hybridized carbons (Fsp3) is 0.385. The van der Waals surface area contributed by atoms with Gasteiger partial charge in [0.25, 0.3) is 5.88 Å². The molecule has 4 heteroatoms. The molecular formula is C13H17N3O. The van der Waals surface area contributed by atoms with Crippen LogP contribution in [0.2, 0.25) is 0 Å². The van der Waals surface area contributed by atoms with E-state index in [0.717, 1.165) is 18.6 Å². The first kappa shape index (κ1) is 11.6. The first-order valence-corrected chi connectivity index (χ1v) is 5.97. The molecule has 0 saturated carbocycles. The van der Waals surface area contributed by atoms with E-state index in [0.29, 0.717) is 11.8 Å². The van der Waals surface area contributed by atoms with Crippen LogP contribution in [0.25, 0.3) is 0 Å². The van der Waals surface area contributed by atoms with Gasteiger partial charge in [0.1, 0.15) is 11.9 Å². The lowest BCUT2D eigenvalue weighted by Crippen LogP contribution is -1.95. The Morgan fingerprint density at radius 1 is 1.29 bits per heavy atom. The molecule has 17 heavy (non-hydrogen) atoms. The molecule has 90 valence electrons. The summed E-state index contributed by atoms with van der Waals surface area (Å²) >= 11 is 0. The van der Waals surface area contributed by atoms with Gasteiger partial charge in [0, 0.05) is 0 Å². The van der Waals surface area contributed by atoms with E-state index in [9.17, 15) is 0 Å². The lowest BCUT2D eigenvalue weighted by Gasteiger charge is -2.13. The number of hydrogen-bond acceptors (Lipinski definition) is 3. The van der Waals surface area contributed by atoms with Crippen molar-refractivity contribution in [3.63, 3.8) is 0 Å². The molecule has 0 aliphatic heterocycles. The summed E-state index contributed by atoms with van der Waals surface area (Å²) in [5, 5.41) is 10.1. The van der Waals surface area contributed by atoms with Crippen molar-refractivity contribution in [3.8, 4) is 11.6 Å². The standard InChI is InChI=1S/C13H17N3O/c1-3-10(4-2)11-6-5-7-12(8-11)17-13-9-14-16-15-13/h5-10H,3-4H2,1-2H3,(H,14,15,16). The Labute approximate surface area is 101 Å². The van der Waals surface area contributed by atoms with Crippen LogP contribution in [0.15, 0.2) is 30.5 Å². The van der Waals surface area contributed by atoms with Crippen LogP contribution in [-0.4, -0.2) is 15.4 Å². The Morgan fingerprint density at radius 2 is 2.12 bits per heavy atom. The average Bonchev–Trinajstić information content (AvgIpc) is 2.84. The van der Waals surface area contributed by atoms with Gasteiger partial charge in [0.15, 0.2) is 0 Å². The highest BCUT2D eigenvalue weighted by molar-refractivity contribution is 5.32. The van der Waals surface area contributed by atoms with Gasteiger partial charge in [-0.15, -0.1) is 5.10 Å². The fourth-order valence-corrected chi connectivity index (χ4v) is 1.95. The fourth-order valence-electron chi connectivity index (χ4n) is 1.95. The summed E-state index contributed by atoms with van der Waals surface area (Å²) in [5.74, 6) is 1.89. The van der Waals surface area contributed by atoms with Crippen molar-refractivity contribution in [2.45, 2.75) is 32.6 Å². The number of aromatic amines is 1. The van der Waals surface area contributed by atoms with Gasteiger partial charge in [-0.3, -0.25) is 0 Å². The Kier molecular flexibility index (Phi) is 3.75. The lowest BCUT2D eigenvalue weighted by molar-refractivity contribution is 0.460. The molecule has 0 atom stereocenters. The zero-order chi connectivity index (χ0) is 12.1. The number of rotatable bonds is 5. The van der Waals surface area contributed by atoms with E-state index in [1.165, 1.54) is 5.56 Å². The molecule has 1 N–H and O–H groups in total. The highest BCUT2D eigenvalue weighted by atomic mass is 16.5. The molecule has 2 rings (SSSR count). The van der Waals surface area contributed by atoms with E-state index in [-0.39, 0.29) is 0 Å². The van der Waals surface area contributed by atoms with E-state index in [1.54, 1.807) is 6.20 Å². The summed E-state index contributed by atoms with van der Waals surface area (Å²) in [5.41, 5.74) is 1.32. The molecule has 1 aromatic heterocycles. The topological polar surface area (TPSA) is 50.8 Å². The SMILES string of the molecule is CCC(CC)c1cccc(Oc2cn[nH]n2)c1. The molecule has 0 aliphatic carbocycles. The van der Waals surface area contributed by atoms with E-state index >= 15 is 0 Å². The van der Waals surface area contributed by atoms with Crippen molar-refractivity contribution in [1.29, 1.82) is 0 Å². The first-order valence-electron chi connectivity index (χ1n) is 5.97. The summed E-state index contributed by atoms with van der Waals surface area (Å²) in [6.45, 7) is 4.42. The number of benzene rings is 1. The number of aromatic nitrogens is 3. The minimum atomic E-state index is 0.492. The summed E-state index contributed by atoms with van der Waals surface area (Å²) in [6, 6.07) is 8.17. The third-order valence-corrected chi connectivity index (χ3v) is 2.93. The van der Waals surface area contributed by atoms with Gasteiger partial charge in [-0.25, -0.2) is 0 Å². The van der Waals surface area contributed by atoms with Crippen LogP contribution in [-0.2, 0) is 0 Å². The molecule has 0 fully saturated rings. The predicted octanol–water partition coefficient (Wildman–Crippen LogP) is 3.50. The largest absolute Gasteiger partial charge is 0.436 e. The number of nitrogens with one attached hydrogen (secondary N) is 1. The maximum absolute atomic E-state index is 5.59. The maximum Gasteiger partial charge on any atom is 0.258 e. The minimum Gasteiger partial charge on any atom is -0.436 e. The highest BCUT2D eigenvalue weighted by Gasteiger charge is 2.08. The van der Waals surface area contributed by atoms with Gasteiger partial charge < -0.3 is 4.74 Å². The quantitative estimate of drug-likeness (QED) is 0.856. The third kappa shape index (κ3) is 2.84. The molecule has 1 aromatic carbocycles. The van der Waals surface area contributed by atoms with Gasteiger partial charge in [-0.1, -0.05) is 26.0 Å². The second-order valence-electron chi connectivity index (χ2n) is 4.00. The van der Waals surface area contributed by atoms with Crippen LogP contribution in [0.1, 0.15) is 38.2 Å². The molecule has 0 saturated heterocycles. The summed E-state index contributed by atoms with van der Waals surface area (Å²) in [7, 11) is 0. The molecule has 2 aromatic rings. The Balaban J connectivity index is 2.16. The molecule has 0 spiro atoms. The normalized spacial score (nSPS) is 10.8. The Hall–Kier alpha value is -1.84. The number of H-pyrrole nitrogens is 1. The van der Waals surface area contributed by atoms with Crippen LogP contribution in [0.3, 0.4) is 0 Å². The molecule has 0 bridgehead atoms. The molecule has 0 unspecified atom stereocenters. The highest BCUT2D eigenvalue weighted by Crippen LogP contribution is 2.27. The smallest absolute Gasteiger partial charge is 0.258 e. The van der Waals surface area contributed by atoms with Gasteiger partial charge >= 0.3 is 0 Å². The van der Waals surface area contributed by atoms with Crippen LogP contribution in [0.4, 0.5) is 0 Å². The number of hydrogen-bond donors (Lipinski definition) is 1. The summed E-state index contributed by atoms with van der Waals surface area (Å²) < 4.78 is 5.59. The van der Waals surface area contributed by atoms with Gasteiger partial charge in [0.05, 0.1) is 0 Å². The van der Waals surface area contributed by atoms with Gasteiger partial charge in [-0.05, 0) is 36.5 Å². The zero-order valence-corrected chi connectivity index (χ0v) is 10.2.